The summed E-state index contributed by atoms with van der Waals surface area (Å²) in [5, 5.41) is 3.47. The molecule has 3 rings (SSSR count). The Hall–Kier alpha value is -1.47. The molecule has 2 heterocycles. The SMILES string of the molecule is C=CCSC1=NS(=O)(=O)c2cc(N3CCCC3)ccc2N1. The van der Waals surface area contributed by atoms with Crippen LogP contribution in [-0.2, 0) is 10.0 Å². The summed E-state index contributed by atoms with van der Waals surface area (Å²) in [7, 11) is -3.63. The molecule has 1 fully saturated rings. The number of amidine groups is 1. The largest absolute Gasteiger partial charge is 0.371 e. The van der Waals surface area contributed by atoms with Gasteiger partial charge in [0.2, 0.25) is 0 Å². The molecule has 1 aromatic rings. The van der Waals surface area contributed by atoms with Gasteiger partial charge in [0, 0.05) is 24.5 Å². The summed E-state index contributed by atoms with van der Waals surface area (Å²) in [6, 6.07) is 5.51. The minimum atomic E-state index is -3.63. The van der Waals surface area contributed by atoms with Gasteiger partial charge in [0.25, 0.3) is 10.0 Å². The molecule has 0 bridgehead atoms. The number of thioether (sulfide) groups is 1. The third-order valence-electron chi connectivity index (χ3n) is 3.50. The number of fused-ring (bicyclic) bond motifs is 1. The van der Waals surface area contributed by atoms with E-state index in [0.717, 1.165) is 31.6 Å². The van der Waals surface area contributed by atoms with Crippen LogP contribution in [-0.4, -0.2) is 32.4 Å². The van der Waals surface area contributed by atoms with E-state index in [2.05, 4.69) is 21.2 Å². The molecule has 0 spiro atoms. The van der Waals surface area contributed by atoms with E-state index >= 15 is 0 Å². The molecule has 1 aromatic carbocycles. The molecule has 0 atom stereocenters. The van der Waals surface area contributed by atoms with Crippen LogP contribution in [0.5, 0.6) is 0 Å². The normalized spacial score (nSPS) is 19.6. The number of hydrogen-bond acceptors (Lipinski definition) is 5. The average Bonchev–Trinajstić information content (AvgIpc) is 2.98. The van der Waals surface area contributed by atoms with Crippen molar-refractivity contribution in [1.29, 1.82) is 0 Å². The predicted octanol–water partition coefficient (Wildman–Crippen LogP) is 2.68. The van der Waals surface area contributed by atoms with Crippen LogP contribution in [0.15, 0.2) is 40.1 Å². The molecule has 7 heteroatoms. The Labute approximate surface area is 129 Å². The number of nitrogens with one attached hydrogen (secondary N) is 1. The Balaban J connectivity index is 1.94. The first-order valence-corrected chi connectivity index (χ1v) is 9.27. The summed E-state index contributed by atoms with van der Waals surface area (Å²) in [6.45, 7) is 5.59. The number of nitrogens with zero attached hydrogens (tertiary/aromatic N) is 2. The zero-order valence-electron chi connectivity index (χ0n) is 11.6. The van der Waals surface area contributed by atoms with Crippen LogP contribution in [0.2, 0.25) is 0 Å². The summed E-state index contributed by atoms with van der Waals surface area (Å²) in [4.78, 5) is 2.47. The summed E-state index contributed by atoms with van der Waals surface area (Å²) in [6.07, 6.45) is 4.03. The van der Waals surface area contributed by atoms with Gasteiger partial charge in [0.05, 0.1) is 5.69 Å². The lowest BCUT2D eigenvalue weighted by Crippen LogP contribution is -2.21. The number of benzene rings is 1. The van der Waals surface area contributed by atoms with Crippen molar-refractivity contribution in [3.05, 3.63) is 30.9 Å². The number of anilines is 2. The third-order valence-corrected chi connectivity index (χ3v) is 5.80. The first-order valence-electron chi connectivity index (χ1n) is 6.85. The summed E-state index contributed by atoms with van der Waals surface area (Å²) < 4.78 is 28.5. The van der Waals surface area contributed by atoms with E-state index in [1.54, 1.807) is 12.1 Å². The molecule has 0 aliphatic carbocycles. The molecule has 0 radical (unpaired) electrons. The number of rotatable bonds is 3. The first kappa shape index (κ1) is 14.5. The molecule has 112 valence electrons. The lowest BCUT2D eigenvalue weighted by atomic mass is 10.2. The van der Waals surface area contributed by atoms with E-state index in [4.69, 9.17) is 0 Å². The van der Waals surface area contributed by atoms with Crippen LogP contribution < -0.4 is 10.2 Å². The highest BCUT2D eigenvalue weighted by Gasteiger charge is 2.26. The summed E-state index contributed by atoms with van der Waals surface area (Å²) in [5.74, 6) is 0.614. The van der Waals surface area contributed by atoms with Gasteiger partial charge in [-0.15, -0.1) is 11.0 Å². The van der Waals surface area contributed by atoms with Crippen LogP contribution in [0.4, 0.5) is 11.4 Å². The van der Waals surface area contributed by atoms with Gasteiger partial charge >= 0.3 is 0 Å². The minimum Gasteiger partial charge on any atom is -0.371 e. The Kier molecular flexibility index (Phi) is 3.95. The van der Waals surface area contributed by atoms with Gasteiger partial charge in [-0.05, 0) is 31.0 Å². The molecule has 21 heavy (non-hydrogen) atoms. The standard InChI is InChI=1S/C14H17N3O2S2/c1-2-9-20-14-15-12-6-5-11(17-7-3-4-8-17)10-13(12)21(18,19)16-14/h2,5-6,10H,1,3-4,7-9H2,(H,15,16). The zero-order chi connectivity index (χ0) is 14.9. The van der Waals surface area contributed by atoms with E-state index in [9.17, 15) is 8.42 Å². The molecule has 5 nitrogen and oxygen atoms in total. The van der Waals surface area contributed by atoms with E-state index < -0.39 is 10.0 Å². The maximum atomic E-state index is 12.3. The van der Waals surface area contributed by atoms with Crippen LogP contribution in [0.1, 0.15) is 12.8 Å². The Morgan fingerprint density at radius 1 is 1.38 bits per heavy atom. The van der Waals surface area contributed by atoms with E-state index in [0.29, 0.717) is 16.6 Å². The van der Waals surface area contributed by atoms with Crippen molar-refractivity contribution in [2.24, 2.45) is 4.40 Å². The van der Waals surface area contributed by atoms with Gasteiger partial charge in [-0.2, -0.15) is 8.42 Å². The fraction of sp³-hybridized carbons (Fsp3) is 0.357. The third kappa shape index (κ3) is 2.94. The number of sulfonamides is 1. The van der Waals surface area contributed by atoms with E-state index in [1.807, 2.05) is 12.1 Å². The Bertz CT molecular complexity index is 692. The van der Waals surface area contributed by atoms with Gasteiger partial charge in [-0.3, -0.25) is 0 Å². The highest BCUT2D eigenvalue weighted by atomic mass is 32.2. The molecule has 0 aromatic heterocycles. The lowest BCUT2D eigenvalue weighted by Gasteiger charge is -2.22. The first-order chi connectivity index (χ1) is 10.1. The monoisotopic (exact) mass is 323 g/mol. The predicted molar refractivity (Wildman–Crippen MR) is 88.8 cm³/mol. The second-order valence-corrected chi connectivity index (χ2v) is 7.55. The lowest BCUT2D eigenvalue weighted by molar-refractivity contribution is 0.598. The molecule has 0 amide bonds. The molecule has 2 aliphatic rings. The highest BCUT2D eigenvalue weighted by Crippen LogP contribution is 2.33. The van der Waals surface area contributed by atoms with Gasteiger partial charge < -0.3 is 10.2 Å². The van der Waals surface area contributed by atoms with Crippen LogP contribution in [0.25, 0.3) is 0 Å². The Morgan fingerprint density at radius 2 is 2.14 bits per heavy atom. The summed E-state index contributed by atoms with van der Waals surface area (Å²) in [5.41, 5.74) is 1.55. The van der Waals surface area contributed by atoms with Gasteiger partial charge in [0.15, 0.2) is 5.17 Å². The van der Waals surface area contributed by atoms with Gasteiger partial charge in [0.1, 0.15) is 4.90 Å². The molecular formula is C14H17N3O2S2. The van der Waals surface area contributed by atoms with Crippen LogP contribution in [0.3, 0.4) is 0 Å². The van der Waals surface area contributed by atoms with Crippen molar-refractivity contribution in [2.75, 3.05) is 29.1 Å². The van der Waals surface area contributed by atoms with E-state index in [1.165, 1.54) is 11.8 Å². The van der Waals surface area contributed by atoms with Crippen molar-refractivity contribution in [3.8, 4) is 0 Å². The van der Waals surface area contributed by atoms with Crippen molar-refractivity contribution < 1.29 is 8.42 Å². The quantitative estimate of drug-likeness (QED) is 0.867. The maximum Gasteiger partial charge on any atom is 0.286 e. The second-order valence-electron chi connectivity index (χ2n) is 4.97. The molecule has 0 unspecified atom stereocenters. The molecule has 1 saturated heterocycles. The van der Waals surface area contributed by atoms with Crippen molar-refractivity contribution >= 4 is 38.3 Å². The highest BCUT2D eigenvalue weighted by molar-refractivity contribution is 8.15. The van der Waals surface area contributed by atoms with Crippen molar-refractivity contribution in [2.45, 2.75) is 17.7 Å². The fourth-order valence-corrected chi connectivity index (χ4v) is 4.49. The summed E-state index contributed by atoms with van der Waals surface area (Å²) >= 11 is 1.32. The zero-order valence-corrected chi connectivity index (χ0v) is 13.2. The van der Waals surface area contributed by atoms with Crippen molar-refractivity contribution in [1.82, 2.24) is 0 Å². The second kappa shape index (κ2) is 5.73. The maximum absolute atomic E-state index is 12.3. The molecular weight excluding hydrogens is 306 g/mol. The number of hydrogen-bond donors (Lipinski definition) is 1. The topological polar surface area (TPSA) is 61.8 Å². The molecule has 1 N–H and O–H groups in total. The van der Waals surface area contributed by atoms with Crippen molar-refractivity contribution in [3.63, 3.8) is 0 Å². The van der Waals surface area contributed by atoms with Crippen LogP contribution >= 0.6 is 11.8 Å². The average molecular weight is 323 g/mol. The van der Waals surface area contributed by atoms with Gasteiger partial charge in [-0.1, -0.05) is 17.8 Å². The molecule has 2 aliphatic heterocycles. The molecule has 0 saturated carbocycles. The fourth-order valence-electron chi connectivity index (χ4n) is 2.50. The van der Waals surface area contributed by atoms with Crippen LogP contribution in [0, 0.1) is 0 Å². The minimum absolute atomic E-state index is 0.259. The van der Waals surface area contributed by atoms with Gasteiger partial charge in [-0.25, -0.2) is 0 Å². The van der Waals surface area contributed by atoms with E-state index in [-0.39, 0.29) is 4.90 Å². The Morgan fingerprint density at radius 3 is 2.86 bits per heavy atom. The smallest absolute Gasteiger partial charge is 0.286 e.